The molecule has 0 aliphatic heterocycles. The van der Waals surface area contributed by atoms with Crippen molar-refractivity contribution >= 4 is 23.4 Å². The van der Waals surface area contributed by atoms with Crippen molar-refractivity contribution in [1.29, 1.82) is 0 Å². The molecule has 0 atom stereocenters. The lowest BCUT2D eigenvalue weighted by Gasteiger charge is -2.12. The molecule has 0 spiro atoms. The molecule has 2 aromatic rings. The number of carbonyl (C=O) groups excluding carboxylic acids is 2. The van der Waals surface area contributed by atoms with E-state index in [1.165, 1.54) is 6.26 Å². The van der Waals surface area contributed by atoms with Crippen LogP contribution in [0.3, 0.4) is 0 Å². The molecule has 0 fully saturated rings. The fraction of sp³-hybridized carbons (Fsp3) is 0.294. The van der Waals surface area contributed by atoms with Crippen LogP contribution < -0.4 is 15.4 Å². The van der Waals surface area contributed by atoms with Crippen LogP contribution in [0.15, 0.2) is 34.9 Å². The van der Waals surface area contributed by atoms with E-state index in [2.05, 4.69) is 10.6 Å². The first-order valence-electron chi connectivity index (χ1n) is 7.41. The van der Waals surface area contributed by atoms with Gasteiger partial charge in [-0.3, -0.25) is 9.59 Å². The molecule has 0 radical (unpaired) electrons. The van der Waals surface area contributed by atoms with Crippen molar-refractivity contribution in [3.63, 3.8) is 0 Å². The Bertz CT molecular complexity index is 690. The Hall–Kier alpha value is -2.47. The summed E-state index contributed by atoms with van der Waals surface area (Å²) in [5.41, 5.74) is 1.70. The van der Waals surface area contributed by atoms with E-state index in [0.717, 1.165) is 11.1 Å². The number of carbonyl (C=O) groups is 2. The number of hydrogen-bond donors (Lipinski definition) is 2. The van der Waals surface area contributed by atoms with E-state index < -0.39 is 0 Å². The molecule has 1 aromatic carbocycles. The van der Waals surface area contributed by atoms with Crippen LogP contribution >= 0.6 is 11.6 Å². The van der Waals surface area contributed by atoms with Crippen LogP contribution in [0.1, 0.15) is 16.9 Å². The summed E-state index contributed by atoms with van der Waals surface area (Å²) in [6, 6.07) is 7.03. The minimum Gasteiger partial charge on any atom is -0.483 e. The summed E-state index contributed by atoms with van der Waals surface area (Å²) in [5.74, 6) is 0.582. The summed E-state index contributed by atoms with van der Waals surface area (Å²) in [4.78, 5) is 23.4. The van der Waals surface area contributed by atoms with Gasteiger partial charge in [-0.2, -0.15) is 0 Å². The average Bonchev–Trinajstić information content (AvgIpc) is 3.03. The van der Waals surface area contributed by atoms with Gasteiger partial charge < -0.3 is 19.8 Å². The largest absolute Gasteiger partial charge is 0.483 e. The number of amides is 2. The summed E-state index contributed by atoms with van der Waals surface area (Å²) < 4.78 is 10.6. The summed E-state index contributed by atoms with van der Waals surface area (Å²) in [5, 5.41) is 5.76. The molecule has 1 heterocycles. The molecule has 0 saturated carbocycles. The Kier molecular flexibility index (Phi) is 6.26. The van der Waals surface area contributed by atoms with Crippen molar-refractivity contribution in [2.24, 2.45) is 0 Å². The number of furan rings is 1. The van der Waals surface area contributed by atoms with Gasteiger partial charge in [-0.1, -0.05) is 11.6 Å². The van der Waals surface area contributed by atoms with E-state index in [1.54, 1.807) is 24.3 Å². The average molecular weight is 351 g/mol. The highest BCUT2D eigenvalue weighted by atomic mass is 35.5. The SMILES string of the molecule is Cc1cc(Cl)cc(C)c1OCC(=O)NCC(=O)NCc1ccco1. The van der Waals surface area contributed by atoms with Crippen molar-refractivity contribution in [3.8, 4) is 5.75 Å². The molecule has 0 aliphatic rings. The molecule has 24 heavy (non-hydrogen) atoms. The fourth-order valence-corrected chi connectivity index (χ4v) is 2.48. The first kappa shape index (κ1) is 17.9. The monoisotopic (exact) mass is 350 g/mol. The van der Waals surface area contributed by atoms with Gasteiger partial charge in [0.1, 0.15) is 11.5 Å². The van der Waals surface area contributed by atoms with Gasteiger partial charge in [-0.25, -0.2) is 0 Å². The number of halogens is 1. The predicted molar refractivity (Wildman–Crippen MR) is 90.0 cm³/mol. The second-order valence-corrected chi connectivity index (χ2v) is 5.73. The molecule has 6 nitrogen and oxygen atoms in total. The molecule has 0 saturated heterocycles. The smallest absolute Gasteiger partial charge is 0.258 e. The molecule has 0 aliphatic carbocycles. The molecule has 0 unspecified atom stereocenters. The molecule has 2 N–H and O–H groups in total. The lowest BCUT2D eigenvalue weighted by Crippen LogP contribution is -2.38. The number of aryl methyl sites for hydroxylation is 2. The Morgan fingerprint density at radius 3 is 2.50 bits per heavy atom. The minimum atomic E-state index is -0.378. The molecule has 2 rings (SSSR count). The third kappa shape index (κ3) is 5.31. The van der Waals surface area contributed by atoms with E-state index in [9.17, 15) is 9.59 Å². The van der Waals surface area contributed by atoms with Crippen molar-refractivity contribution in [2.75, 3.05) is 13.2 Å². The van der Waals surface area contributed by atoms with E-state index >= 15 is 0 Å². The quantitative estimate of drug-likeness (QED) is 0.803. The van der Waals surface area contributed by atoms with Crippen LogP contribution in [0.5, 0.6) is 5.75 Å². The topological polar surface area (TPSA) is 80.6 Å². The van der Waals surface area contributed by atoms with Crippen LogP contribution in [0.25, 0.3) is 0 Å². The Morgan fingerprint density at radius 1 is 1.17 bits per heavy atom. The predicted octanol–water partition coefficient (Wildman–Crippen LogP) is 2.36. The van der Waals surface area contributed by atoms with Gasteiger partial charge in [-0.05, 0) is 49.2 Å². The molecule has 128 valence electrons. The first-order valence-corrected chi connectivity index (χ1v) is 7.79. The molecule has 7 heteroatoms. The maximum Gasteiger partial charge on any atom is 0.258 e. The number of ether oxygens (including phenoxy) is 1. The normalized spacial score (nSPS) is 10.3. The van der Waals surface area contributed by atoms with Gasteiger partial charge in [0.25, 0.3) is 5.91 Å². The van der Waals surface area contributed by atoms with Crippen molar-refractivity contribution in [1.82, 2.24) is 10.6 Å². The lowest BCUT2D eigenvalue weighted by molar-refractivity contribution is -0.127. The summed E-state index contributed by atoms with van der Waals surface area (Å²) in [6.45, 7) is 3.69. The van der Waals surface area contributed by atoms with E-state index in [-0.39, 0.29) is 31.5 Å². The highest BCUT2D eigenvalue weighted by molar-refractivity contribution is 6.30. The van der Waals surface area contributed by atoms with Crippen molar-refractivity contribution in [3.05, 3.63) is 52.4 Å². The second kappa shape index (κ2) is 8.40. The number of rotatable bonds is 7. The van der Waals surface area contributed by atoms with Gasteiger partial charge in [0, 0.05) is 5.02 Å². The van der Waals surface area contributed by atoms with Crippen molar-refractivity contribution < 1.29 is 18.7 Å². The van der Waals surface area contributed by atoms with Crippen LogP contribution in [0.4, 0.5) is 0 Å². The summed E-state index contributed by atoms with van der Waals surface area (Å²) in [7, 11) is 0. The van der Waals surface area contributed by atoms with Gasteiger partial charge in [0.05, 0.1) is 19.4 Å². The van der Waals surface area contributed by atoms with Gasteiger partial charge >= 0.3 is 0 Å². The Morgan fingerprint density at radius 2 is 1.88 bits per heavy atom. The second-order valence-electron chi connectivity index (χ2n) is 5.29. The zero-order valence-corrected chi connectivity index (χ0v) is 14.3. The Labute approximate surface area is 145 Å². The van der Waals surface area contributed by atoms with Gasteiger partial charge in [-0.15, -0.1) is 0 Å². The first-order chi connectivity index (χ1) is 11.5. The van der Waals surface area contributed by atoms with E-state index in [4.69, 9.17) is 20.8 Å². The zero-order chi connectivity index (χ0) is 17.5. The molecule has 1 aromatic heterocycles. The number of hydrogen-bond acceptors (Lipinski definition) is 4. The lowest BCUT2D eigenvalue weighted by atomic mass is 10.1. The summed E-state index contributed by atoms with van der Waals surface area (Å²) in [6.07, 6.45) is 1.53. The highest BCUT2D eigenvalue weighted by Gasteiger charge is 2.10. The van der Waals surface area contributed by atoms with E-state index in [1.807, 2.05) is 13.8 Å². The third-order valence-electron chi connectivity index (χ3n) is 3.26. The summed E-state index contributed by atoms with van der Waals surface area (Å²) >= 11 is 5.95. The standard InChI is InChI=1S/C17H19ClN2O4/c1-11-6-13(18)7-12(2)17(11)24-10-16(22)20-9-15(21)19-8-14-4-3-5-23-14/h3-7H,8-10H2,1-2H3,(H,19,21)(H,20,22). The van der Waals surface area contributed by atoms with Gasteiger partial charge in [0.2, 0.25) is 5.91 Å². The maximum atomic E-state index is 11.8. The van der Waals surface area contributed by atoms with Crippen molar-refractivity contribution in [2.45, 2.75) is 20.4 Å². The fourth-order valence-electron chi connectivity index (χ4n) is 2.15. The number of nitrogens with one attached hydrogen (secondary N) is 2. The van der Waals surface area contributed by atoms with Gasteiger partial charge in [0.15, 0.2) is 6.61 Å². The number of benzene rings is 1. The van der Waals surface area contributed by atoms with E-state index in [0.29, 0.717) is 16.5 Å². The zero-order valence-electron chi connectivity index (χ0n) is 13.5. The third-order valence-corrected chi connectivity index (χ3v) is 3.48. The minimum absolute atomic E-state index is 0.124. The molecular formula is C17H19ClN2O4. The van der Waals surface area contributed by atoms with Crippen LogP contribution in [-0.4, -0.2) is 25.0 Å². The highest BCUT2D eigenvalue weighted by Crippen LogP contribution is 2.26. The van der Waals surface area contributed by atoms with Crippen LogP contribution in [0, 0.1) is 13.8 Å². The molecule has 2 amide bonds. The van der Waals surface area contributed by atoms with Crippen LogP contribution in [-0.2, 0) is 16.1 Å². The molecular weight excluding hydrogens is 332 g/mol. The maximum absolute atomic E-state index is 11.8. The molecule has 0 bridgehead atoms. The Balaban J connectivity index is 1.72. The van der Waals surface area contributed by atoms with Crippen LogP contribution in [0.2, 0.25) is 5.02 Å².